The monoisotopic (exact) mass is 375 g/mol. The molecule has 8 heteroatoms. The number of hydrogen-bond donors (Lipinski definition) is 1. The van der Waals surface area contributed by atoms with Gasteiger partial charge in [0, 0.05) is 22.0 Å². The van der Waals surface area contributed by atoms with Crippen LogP contribution in [0.2, 0.25) is 5.02 Å². The number of anilines is 1. The van der Waals surface area contributed by atoms with Crippen LogP contribution in [-0.4, -0.2) is 30.6 Å². The smallest absolute Gasteiger partial charge is 0.409 e. The lowest BCUT2D eigenvalue weighted by atomic mass is 10.0. The summed E-state index contributed by atoms with van der Waals surface area (Å²) in [4.78, 5) is 26.5. The van der Waals surface area contributed by atoms with Gasteiger partial charge in [0.1, 0.15) is 11.1 Å². The first kappa shape index (κ1) is 17.3. The lowest BCUT2D eigenvalue weighted by molar-refractivity contribution is 0.102. The van der Waals surface area contributed by atoms with Gasteiger partial charge in [0.25, 0.3) is 5.91 Å². The number of ether oxygens (including phenoxy) is 1. The van der Waals surface area contributed by atoms with Crippen LogP contribution < -0.4 is 5.32 Å². The number of nitrogens with one attached hydrogen (secondary N) is 1. The van der Waals surface area contributed by atoms with E-state index < -0.39 is 6.09 Å². The Hall–Kier alpha value is -2.56. The largest absolute Gasteiger partial charge is 0.453 e. The van der Waals surface area contributed by atoms with E-state index in [2.05, 4.69) is 11.4 Å². The number of methoxy groups -OCH3 is 1. The molecule has 1 aliphatic rings. The first-order valence-corrected chi connectivity index (χ1v) is 8.67. The summed E-state index contributed by atoms with van der Waals surface area (Å²) < 4.78 is 4.75. The fourth-order valence-corrected chi connectivity index (χ4v) is 4.01. The first-order valence-electron chi connectivity index (χ1n) is 7.48. The maximum Gasteiger partial charge on any atom is 0.409 e. The second kappa shape index (κ2) is 7.13. The molecule has 0 fully saturated rings. The number of halogens is 1. The second-order valence-corrected chi connectivity index (χ2v) is 6.96. The summed E-state index contributed by atoms with van der Waals surface area (Å²) in [5, 5.41) is 13.3. The summed E-state index contributed by atoms with van der Waals surface area (Å²) >= 11 is 7.14. The molecule has 0 saturated carbocycles. The van der Waals surface area contributed by atoms with Gasteiger partial charge in [-0.3, -0.25) is 4.79 Å². The zero-order valence-electron chi connectivity index (χ0n) is 13.3. The van der Waals surface area contributed by atoms with E-state index >= 15 is 0 Å². The molecule has 0 radical (unpaired) electrons. The molecular weight excluding hydrogens is 362 g/mol. The molecule has 0 unspecified atom stereocenters. The maximum absolute atomic E-state index is 12.4. The van der Waals surface area contributed by atoms with E-state index in [1.807, 2.05) is 0 Å². The zero-order chi connectivity index (χ0) is 18.0. The molecule has 1 aromatic heterocycles. The number of benzene rings is 1. The second-order valence-electron chi connectivity index (χ2n) is 5.42. The van der Waals surface area contributed by atoms with Crippen molar-refractivity contribution in [2.75, 3.05) is 19.0 Å². The molecular formula is C17H14ClN3O3S. The fraction of sp³-hybridized carbons (Fsp3) is 0.235. The maximum atomic E-state index is 12.4. The SMILES string of the molecule is COC(=O)N1CCc2c(sc(NC(=O)c3ccc(Cl)cc3)c2C#N)C1. The topological polar surface area (TPSA) is 82.4 Å². The molecule has 0 bridgehead atoms. The van der Waals surface area contributed by atoms with E-state index in [-0.39, 0.29) is 5.91 Å². The molecule has 25 heavy (non-hydrogen) atoms. The molecule has 1 N–H and O–H groups in total. The Bertz CT molecular complexity index is 870. The number of amides is 2. The minimum atomic E-state index is -0.399. The van der Waals surface area contributed by atoms with Crippen molar-refractivity contribution in [3.63, 3.8) is 0 Å². The highest BCUT2D eigenvalue weighted by Crippen LogP contribution is 2.37. The van der Waals surface area contributed by atoms with Crippen molar-refractivity contribution in [1.82, 2.24) is 4.90 Å². The van der Waals surface area contributed by atoms with E-state index in [1.54, 1.807) is 29.2 Å². The predicted octanol–water partition coefficient (Wildman–Crippen LogP) is 3.65. The molecule has 0 aliphatic carbocycles. The van der Waals surface area contributed by atoms with Gasteiger partial charge in [-0.25, -0.2) is 4.79 Å². The Balaban J connectivity index is 1.85. The van der Waals surface area contributed by atoms with Crippen molar-refractivity contribution in [3.8, 4) is 6.07 Å². The zero-order valence-corrected chi connectivity index (χ0v) is 14.9. The molecule has 0 saturated heterocycles. The third-order valence-corrected chi connectivity index (χ3v) is 5.32. The lowest BCUT2D eigenvalue weighted by Crippen LogP contribution is -2.35. The Kier molecular flexibility index (Phi) is 4.93. The Morgan fingerprint density at radius 3 is 2.72 bits per heavy atom. The highest BCUT2D eigenvalue weighted by molar-refractivity contribution is 7.16. The molecule has 0 atom stereocenters. The van der Waals surface area contributed by atoms with Crippen LogP contribution in [0.25, 0.3) is 0 Å². The first-order chi connectivity index (χ1) is 12.0. The van der Waals surface area contributed by atoms with Crippen LogP contribution in [0.1, 0.15) is 26.4 Å². The summed E-state index contributed by atoms with van der Waals surface area (Å²) in [7, 11) is 1.34. The summed E-state index contributed by atoms with van der Waals surface area (Å²) in [5.41, 5.74) is 1.81. The van der Waals surface area contributed by atoms with Gasteiger partial charge in [0.15, 0.2) is 0 Å². The van der Waals surface area contributed by atoms with Gasteiger partial charge in [-0.1, -0.05) is 11.6 Å². The molecule has 3 rings (SSSR count). The van der Waals surface area contributed by atoms with Crippen LogP contribution >= 0.6 is 22.9 Å². The number of thiophene rings is 1. The number of nitrogens with zero attached hydrogens (tertiary/aromatic N) is 2. The standard InChI is InChI=1S/C17H14ClN3O3S/c1-24-17(23)21-7-6-12-13(8-19)16(25-14(12)9-21)20-15(22)10-2-4-11(18)5-3-10/h2-5H,6-7,9H2,1H3,(H,20,22). The van der Waals surface area contributed by atoms with Gasteiger partial charge in [-0.2, -0.15) is 5.26 Å². The van der Waals surface area contributed by atoms with Crippen molar-refractivity contribution in [3.05, 3.63) is 50.9 Å². The van der Waals surface area contributed by atoms with Crippen molar-refractivity contribution >= 4 is 39.9 Å². The number of hydrogen-bond acceptors (Lipinski definition) is 5. The van der Waals surface area contributed by atoms with Gasteiger partial charge < -0.3 is 15.0 Å². The Labute approximate surface area is 153 Å². The molecule has 128 valence electrons. The molecule has 0 spiro atoms. The average molecular weight is 376 g/mol. The van der Waals surface area contributed by atoms with Gasteiger partial charge in [-0.05, 0) is 36.2 Å². The molecule has 1 aromatic carbocycles. The number of fused-ring (bicyclic) bond motifs is 1. The summed E-state index contributed by atoms with van der Waals surface area (Å²) in [6.45, 7) is 0.855. The van der Waals surface area contributed by atoms with E-state index in [0.717, 1.165) is 10.4 Å². The van der Waals surface area contributed by atoms with E-state index in [0.29, 0.717) is 40.7 Å². The molecule has 6 nitrogen and oxygen atoms in total. The van der Waals surface area contributed by atoms with Crippen molar-refractivity contribution in [2.45, 2.75) is 13.0 Å². The minimum absolute atomic E-state index is 0.309. The van der Waals surface area contributed by atoms with Gasteiger partial charge in [0.05, 0.1) is 19.2 Å². The molecule has 2 heterocycles. The van der Waals surface area contributed by atoms with Crippen molar-refractivity contribution in [1.29, 1.82) is 5.26 Å². The Morgan fingerprint density at radius 2 is 2.08 bits per heavy atom. The van der Waals surface area contributed by atoms with E-state index in [1.165, 1.54) is 18.4 Å². The molecule has 2 amide bonds. The van der Waals surface area contributed by atoms with Gasteiger partial charge in [-0.15, -0.1) is 11.3 Å². The molecule has 1 aliphatic heterocycles. The summed E-state index contributed by atoms with van der Waals surface area (Å²) in [6, 6.07) is 8.68. The number of rotatable bonds is 2. The predicted molar refractivity (Wildman–Crippen MR) is 95.0 cm³/mol. The number of nitriles is 1. The summed E-state index contributed by atoms with van der Waals surface area (Å²) in [5.74, 6) is -0.309. The van der Waals surface area contributed by atoms with Crippen LogP contribution in [-0.2, 0) is 17.7 Å². The summed E-state index contributed by atoms with van der Waals surface area (Å²) in [6.07, 6.45) is 0.157. The number of carbonyl (C=O) groups excluding carboxylic acids is 2. The highest BCUT2D eigenvalue weighted by atomic mass is 35.5. The van der Waals surface area contributed by atoms with Crippen LogP contribution in [0.5, 0.6) is 0 Å². The number of carbonyl (C=O) groups is 2. The van der Waals surface area contributed by atoms with Crippen LogP contribution in [0.3, 0.4) is 0 Å². The third-order valence-electron chi connectivity index (χ3n) is 3.93. The third kappa shape index (κ3) is 3.45. The highest BCUT2D eigenvalue weighted by Gasteiger charge is 2.28. The fourth-order valence-electron chi connectivity index (χ4n) is 2.67. The van der Waals surface area contributed by atoms with Crippen LogP contribution in [0, 0.1) is 11.3 Å². The van der Waals surface area contributed by atoms with Gasteiger partial charge >= 0.3 is 6.09 Å². The van der Waals surface area contributed by atoms with Gasteiger partial charge in [0.2, 0.25) is 0 Å². The van der Waals surface area contributed by atoms with Crippen LogP contribution in [0.4, 0.5) is 9.80 Å². The average Bonchev–Trinajstić information content (AvgIpc) is 2.97. The van der Waals surface area contributed by atoms with Crippen molar-refractivity contribution < 1.29 is 14.3 Å². The molecule has 2 aromatic rings. The van der Waals surface area contributed by atoms with Crippen LogP contribution in [0.15, 0.2) is 24.3 Å². The normalized spacial score (nSPS) is 12.9. The van der Waals surface area contributed by atoms with E-state index in [9.17, 15) is 14.9 Å². The van der Waals surface area contributed by atoms with Crippen molar-refractivity contribution in [2.24, 2.45) is 0 Å². The minimum Gasteiger partial charge on any atom is -0.453 e. The Morgan fingerprint density at radius 1 is 1.36 bits per heavy atom. The lowest BCUT2D eigenvalue weighted by Gasteiger charge is -2.25. The quantitative estimate of drug-likeness (QED) is 0.868. The van der Waals surface area contributed by atoms with E-state index in [4.69, 9.17) is 16.3 Å².